The number of benzene rings is 1. The van der Waals surface area contributed by atoms with Gasteiger partial charge < -0.3 is 8.94 Å². The molecule has 0 fully saturated rings. The minimum atomic E-state index is 0.374. The summed E-state index contributed by atoms with van der Waals surface area (Å²) in [7, 11) is 0. The lowest BCUT2D eigenvalue weighted by atomic mass is 10.2. The van der Waals surface area contributed by atoms with Crippen molar-refractivity contribution in [1.29, 1.82) is 0 Å². The van der Waals surface area contributed by atoms with Gasteiger partial charge in [0.15, 0.2) is 5.76 Å². The average Bonchev–Trinajstić information content (AvgIpc) is 3.32. The number of rotatable bonds is 6. The highest BCUT2D eigenvalue weighted by Gasteiger charge is 2.14. The zero-order valence-corrected chi connectivity index (χ0v) is 15.1. The number of hydrogen-bond acceptors (Lipinski definition) is 6. The third-order valence-electron chi connectivity index (χ3n) is 3.81. The average molecular weight is 363 g/mol. The molecule has 5 nitrogen and oxygen atoms in total. The normalized spacial score (nSPS) is 11.0. The van der Waals surface area contributed by atoms with Crippen molar-refractivity contribution in [3.05, 3.63) is 77.8 Å². The molecule has 0 saturated heterocycles. The first-order chi connectivity index (χ1) is 12.8. The van der Waals surface area contributed by atoms with E-state index in [4.69, 9.17) is 8.94 Å². The van der Waals surface area contributed by atoms with Gasteiger partial charge in [-0.2, -0.15) is 4.98 Å². The molecule has 0 aliphatic carbocycles. The maximum atomic E-state index is 5.85. The van der Waals surface area contributed by atoms with Crippen molar-refractivity contribution in [3.8, 4) is 23.0 Å². The third-order valence-corrected chi connectivity index (χ3v) is 4.84. The maximum absolute atomic E-state index is 5.85. The summed E-state index contributed by atoms with van der Waals surface area (Å²) in [6.07, 6.45) is 3.40. The Bertz CT molecular complexity index is 995. The van der Waals surface area contributed by atoms with Crippen LogP contribution in [0.5, 0.6) is 0 Å². The van der Waals surface area contributed by atoms with E-state index < -0.39 is 0 Å². The van der Waals surface area contributed by atoms with Gasteiger partial charge in [0.25, 0.3) is 5.89 Å². The van der Waals surface area contributed by atoms with Crippen molar-refractivity contribution in [2.75, 3.05) is 0 Å². The number of nitrogens with zero attached hydrogens (tertiary/aromatic N) is 3. The SMILES string of the molecule is Cc1cccc(CSCc2ccc(-c3nc(-c4cccnc4)no3)o2)c1. The summed E-state index contributed by atoms with van der Waals surface area (Å²) >= 11 is 1.81. The zero-order chi connectivity index (χ0) is 17.8. The van der Waals surface area contributed by atoms with Crippen LogP contribution < -0.4 is 0 Å². The fraction of sp³-hybridized carbons (Fsp3) is 0.150. The molecule has 0 aliphatic heterocycles. The molecular weight excluding hydrogens is 346 g/mol. The molecule has 1 aromatic carbocycles. The Kier molecular flexibility index (Phi) is 4.84. The van der Waals surface area contributed by atoms with Crippen molar-refractivity contribution in [2.24, 2.45) is 0 Å². The summed E-state index contributed by atoms with van der Waals surface area (Å²) < 4.78 is 11.2. The van der Waals surface area contributed by atoms with Crippen LogP contribution in [0.1, 0.15) is 16.9 Å². The van der Waals surface area contributed by atoms with Crippen LogP contribution in [0.2, 0.25) is 0 Å². The summed E-state index contributed by atoms with van der Waals surface area (Å²) in [5.74, 6) is 4.08. The summed E-state index contributed by atoms with van der Waals surface area (Å²) in [6.45, 7) is 2.11. The highest BCUT2D eigenvalue weighted by atomic mass is 32.2. The van der Waals surface area contributed by atoms with Gasteiger partial charge in [-0.1, -0.05) is 35.0 Å². The molecule has 0 unspecified atom stereocenters. The second-order valence-electron chi connectivity index (χ2n) is 5.91. The number of aryl methyl sites for hydroxylation is 1. The molecule has 0 aliphatic rings. The second kappa shape index (κ2) is 7.58. The van der Waals surface area contributed by atoms with Crippen LogP contribution in [0.15, 0.2) is 69.9 Å². The second-order valence-corrected chi connectivity index (χ2v) is 6.90. The van der Waals surface area contributed by atoms with Crippen molar-refractivity contribution in [2.45, 2.75) is 18.4 Å². The van der Waals surface area contributed by atoms with Gasteiger partial charge >= 0.3 is 0 Å². The molecular formula is C20H17N3O2S. The quantitative estimate of drug-likeness (QED) is 0.473. The zero-order valence-electron chi connectivity index (χ0n) is 14.3. The van der Waals surface area contributed by atoms with E-state index in [0.717, 1.165) is 22.8 Å². The Morgan fingerprint density at radius 1 is 1.04 bits per heavy atom. The molecule has 0 amide bonds. The minimum absolute atomic E-state index is 0.374. The summed E-state index contributed by atoms with van der Waals surface area (Å²) in [4.78, 5) is 8.45. The van der Waals surface area contributed by atoms with E-state index in [0.29, 0.717) is 17.5 Å². The molecule has 0 radical (unpaired) electrons. The molecule has 4 rings (SSSR count). The van der Waals surface area contributed by atoms with E-state index in [1.54, 1.807) is 12.4 Å². The van der Waals surface area contributed by atoms with Gasteiger partial charge in [-0.25, -0.2) is 0 Å². The third kappa shape index (κ3) is 3.86. The molecule has 0 saturated carbocycles. The Balaban J connectivity index is 1.39. The van der Waals surface area contributed by atoms with Crippen LogP contribution in [0, 0.1) is 6.92 Å². The van der Waals surface area contributed by atoms with Gasteiger partial charge in [-0.15, -0.1) is 11.8 Å². The lowest BCUT2D eigenvalue weighted by molar-refractivity contribution is 0.413. The van der Waals surface area contributed by atoms with E-state index >= 15 is 0 Å². The van der Waals surface area contributed by atoms with Gasteiger partial charge in [0.1, 0.15) is 5.76 Å². The largest absolute Gasteiger partial charge is 0.455 e. The predicted octanol–water partition coefficient (Wildman–Crippen LogP) is 5.13. The van der Waals surface area contributed by atoms with E-state index in [1.807, 2.05) is 36.0 Å². The summed E-state index contributed by atoms with van der Waals surface area (Å²) in [5.41, 5.74) is 3.41. The van der Waals surface area contributed by atoms with Gasteiger partial charge in [0.05, 0.1) is 5.75 Å². The van der Waals surface area contributed by atoms with E-state index in [9.17, 15) is 0 Å². The van der Waals surface area contributed by atoms with Crippen LogP contribution in [0.3, 0.4) is 0 Å². The first kappa shape index (κ1) is 16.6. The monoisotopic (exact) mass is 363 g/mol. The van der Waals surface area contributed by atoms with Crippen molar-refractivity contribution >= 4 is 11.8 Å². The Morgan fingerprint density at radius 3 is 2.85 bits per heavy atom. The van der Waals surface area contributed by atoms with E-state index in [-0.39, 0.29) is 0 Å². The highest BCUT2D eigenvalue weighted by Crippen LogP contribution is 2.26. The molecule has 0 atom stereocenters. The van der Waals surface area contributed by atoms with Crippen LogP contribution >= 0.6 is 11.8 Å². The molecule has 3 heterocycles. The Labute approximate surface area is 155 Å². The summed E-state index contributed by atoms with van der Waals surface area (Å²) in [5, 5.41) is 3.99. The smallest absolute Gasteiger partial charge is 0.293 e. The first-order valence-corrected chi connectivity index (χ1v) is 9.40. The molecule has 4 aromatic rings. The minimum Gasteiger partial charge on any atom is -0.455 e. The molecule has 6 heteroatoms. The topological polar surface area (TPSA) is 65.0 Å². The predicted molar refractivity (Wildman–Crippen MR) is 101 cm³/mol. The Morgan fingerprint density at radius 2 is 2.00 bits per heavy atom. The van der Waals surface area contributed by atoms with Gasteiger partial charge in [-0.3, -0.25) is 4.98 Å². The number of hydrogen-bond donors (Lipinski definition) is 0. The number of pyridine rings is 1. The molecule has 26 heavy (non-hydrogen) atoms. The fourth-order valence-electron chi connectivity index (χ4n) is 2.58. The first-order valence-electron chi connectivity index (χ1n) is 8.24. The van der Waals surface area contributed by atoms with Gasteiger partial charge in [-0.05, 0) is 36.8 Å². The standard InChI is InChI=1S/C20H17N3O2S/c1-14-4-2-5-15(10-14)12-26-13-17-7-8-18(24-17)20-22-19(23-25-20)16-6-3-9-21-11-16/h2-11H,12-13H2,1H3. The number of furan rings is 1. The molecule has 0 N–H and O–H groups in total. The van der Waals surface area contributed by atoms with Crippen LogP contribution in [-0.4, -0.2) is 15.1 Å². The summed E-state index contributed by atoms with van der Waals surface area (Å²) in [6, 6.07) is 16.1. The molecule has 0 spiro atoms. The van der Waals surface area contributed by atoms with Crippen molar-refractivity contribution in [1.82, 2.24) is 15.1 Å². The van der Waals surface area contributed by atoms with Crippen LogP contribution in [0.25, 0.3) is 23.0 Å². The van der Waals surface area contributed by atoms with Crippen LogP contribution in [-0.2, 0) is 11.5 Å². The molecule has 3 aromatic heterocycles. The maximum Gasteiger partial charge on any atom is 0.293 e. The number of aromatic nitrogens is 3. The van der Waals surface area contributed by atoms with Crippen molar-refractivity contribution in [3.63, 3.8) is 0 Å². The number of thioether (sulfide) groups is 1. The fourth-order valence-corrected chi connectivity index (χ4v) is 3.45. The lowest BCUT2D eigenvalue weighted by Crippen LogP contribution is -1.83. The van der Waals surface area contributed by atoms with Crippen molar-refractivity contribution < 1.29 is 8.94 Å². The van der Waals surface area contributed by atoms with Gasteiger partial charge in [0.2, 0.25) is 5.82 Å². The van der Waals surface area contributed by atoms with E-state index in [1.165, 1.54) is 11.1 Å². The molecule has 130 valence electrons. The van der Waals surface area contributed by atoms with Crippen LogP contribution in [0.4, 0.5) is 0 Å². The lowest BCUT2D eigenvalue weighted by Gasteiger charge is -2.01. The highest BCUT2D eigenvalue weighted by molar-refractivity contribution is 7.97. The Hall–Kier alpha value is -2.86. The van der Waals surface area contributed by atoms with E-state index in [2.05, 4.69) is 46.3 Å². The molecule has 0 bridgehead atoms. The van der Waals surface area contributed by atoms with Gasteiger partial charge in [0, 0.05) is 23.7 Å².